The van der Waals surface area contributed by atoms with Gasteiger partial charge in [0, 0.05) is 22.7 Å². The fourth-order valence-electron chi connectivity index (χ4n) is 4.13. The predicted octanol–water partition coefficient (Wildman–Crippen LogP) is 4.09. The largest absolute Gasteiger partial charge is 0.387 e. The Morgan fingerprint density at radius 2 is 1.58 bits per heavy atom. The molecule has 0 bridgehead atoms. The summed E-state index contributed by atoms with van der Waals surface area (Å²) < 4.78 is 7.41. The highest BCUT2D eigenvalue weighted by atomic mass is 16.4. The summed E-state index contributed by atoms with van der Waals surface area (Å²) in [7, 11) is 0. The normalized spacial score (nSPS) is 12.7. The monoisotopic (exact) mass is 429 g/mol. The van der Waals surface area contributed by atoms with Crippen LogP contribution in [0.25, 0.3) is 40.2 Å². The molecule has 0 aliphatic rings. The average Bonchev–Trinajstić information content (AvgIpc) is 3.40. The van der Waals surface area contributed by atoms with Gasteiger partial charge >= 0.3 is 11.5 Å². The van der Waals surface area contributed by atoms with Crippen LogP contribution in [0.3, 0.4) is 0 Å². The van der Waals surface area contributed by atoms with Gasteiger partial charge in [-0.15, -0.1) is 0 Å². The molecule has 0 aliphatic carbocycles. The van der Waals surface area contributed by atoms with Crippen molar-refractivity contribution in [2.24, 2.45) is 0 Å². The number of nitrogens with zero attached hydrogens (tertiary/aromatic N) is 2. The minimum absolute atomic E-state index is 0.259. The van der Waals surface area contributed by atoms with Crippen LogP contribution in [0, 0.1) is 0 Å². The molecular formula is C28H19N3O2. The number of aromatic amines is 1. The van der Waals surface area contributed by atoms with Crippen LogP contribution in [-0.4, -0.2) is 14.4 Å². The van der Waals surface area contributed by atoms with Crippen LogP contribution in [0.4, 0.5) is 0 Å². The second-order valence-electron chi connectivity index (χ2n) is 7.81. The van der Waals surface area contributed by atoms with Crippen LogP contribution < -0.4 is 16.3 Å². The van der Waals surface area contributed by atoms with Gasteiger partial charge in [0.25, 0.3) is 0 Å². The van der Waals surface area contributed by atoms with Crippen molar-refractivity contribution in [2.75, 3.05) is 0 Å². The zero-order chi connectivity index (χ0) is 22.2. The van der Waals surface area contributed by atoms with Crippen molar-refractivity contribution in [1.82, 2.24) is 14.4 Å². The number of fused-ring (bicyclic) bond motifs is 2. The molecule has 5 heteroatoms. The number of aromatic nitrogens is 3. The molecule has 3 heterocycles. The van der Waals surface area contributed by atoms with Crippen molar-refractivity contribution in [3.63, 3.8) is 0 Å². The number of benzene rings is 3. The van der Waals surface area contributed by atoms with Crippen molar-refractivity contribution >= 4 is 28.9 Å². The van der Waals surface area contributed by atoms with Crippen LogP contribution in [-0.2, 0) is 0 Å². The number of hydrogen-bond acceptors (Lipinski definition) is 3. The van der Waals surface area contributed by atoms with Gasteiger partial charge in [-0.05, 0) is 35.4 Å². The van der Waals surface area contributed by atoms with Gasteiger partial charge in [0.1, 0.15) is 5.35 Å². The second kappa shape index (κ2) is 7.80. The zero-order valence-electron chi connectivity index (χ0n) is 17.6. The molecule has 0 fully saturated rings. The zero-order valence-corrected chi connectivity index (χ0v) is 17.6. The lowest BCUT2D eigenvalue weighted by atomic mass is 10.1. The lowest BCUT2D eigenvalue weighted by molar-refractivity contribution is 0.552. The highest BCUT2D eigenvalue weighted by Crippen LogP contribution is 2.19. The summed E-state index contributed by atoms with van der Waals surface area (Å²) in [5, 5.41) is 2.25. The van der Waals surface area contributed by atoms with E-state index in [0.29, 0.717) is 10.7 Å². The Bertz CT molecular complexity index is 1780. The highest BCUT2D eigenvalue weighted by molar-refractivity contribution is 5.88. The van der Waals surface area contributed by atoms with E-state index in [-0.39, 0.29) is 5.84 Å². The lowest BCUT2D eigenvalue weighted by Gasteiger charge is -2.05. The minimum atomic E-state index is -0.423. The standard InChI is InChI=1S/C28H19N3O2/c32-27-26(15-19-9-3-1-4-10-19)31-25(20-11-5-2-6-12-20)17-22(30-28(31)33-27)16-21-18-29-24-14-8-7-13-23(21)24/h1-18,29H/b22-16-,26-15+. The Morgan fingerprint density at radius 1 is 0.848 bits per heavy atom. The van der Waals surface area contributed by atoms with Gasteiger partial charge < -0.3 is 9.40 Å². The fourth-order valence-corrected chi connectivity index (χ4v) is 4.13. The fraction of sp³-hybridized carbons (Fsp3) is 0. The molecule has 5 nitrogen and oxygen atoms in total. The Kier molecular flexibility index (Phi) is 4.51. The SMILES string of the molecule is O=c1oc2n/c(=C\c3c[nH]c4ccccc34)cc(-c3ccccc3)n2/c1=C/c1ccccc1. The van der Waals surface area contributed by atoms with Gasteiger partial charge in [-0.1, -0.05) is 78.9 Å². The molecule has 0 radical (unpaired) electrons. The molecule has 158 valence electrons. The first kappa shape index (κ1) is 19.1. The van der Waals surface area contributed by atoms with E-state index in [4.69, 9.17) is 4.42 Å². The number of hydrogen-bond donors (Lipinski definition) is 1. The topological polar surface area (TPSA) is 63.3 Å². The Balaban J connectivity index is 1.67. The van der Waals surface area contributed by atoms with Gasteiger partial charge in [-0.2, -0.15) is 4.98 Å². The van der Waals surface area contributed by atoms with E-state index < -0.39 is 5.63 Å². The van der Waals surface area contributed by atoms with E-state index >= 15 is 0 Å². The van der Waals surface area contributed by atoms with E-state index in [1.54, 1.807) is 4.40 Å². The molecule has 6 aromatic rings. The molecule has 0 unspecified atom stereocenters. The molecule has 0 atom stereocenters. The van der Waals surface area contributed by atoms with Crippen molar-refractivity contribution in [2.45, 2.75) is 0 Å². The molecule has 0 saturated heterocycles. The molecule has 0 spiro atoms. The molecule has 0 amide bonds. The van der Waals surface area contributed by atoms with Crippen LogP contribution in [0.15, 0.2) is 106 Å². The summed E-state index contributed by atoms with van der Waals surface area (Å²) in [4.78, 5) is 20.8. The Labute approximate surface area is 188 Å². The van der Waals surface area contributed by atoms with E-state index in [1.165, 1.54) is 0 Å². The van der Waals surface area contributed by atoms with Crippen molar-refractivity contribution in [1.29, 1.82) is 0 Å². The summed E-state index contributed by atoms with van der Waals surface area (Å²) in [6.45, 7) is 0. The highest BCUT2D eigenvalue weighted by Gasteiger charge is 2.12. The minimum Gasteiger partial charge on any atom is -0.387 e. The molecule has 1 N–H and O–H groups in total. The van der Waals surface area contributed by atoms with Gasteiger partial charge in [0.2, 0.25) is 0 Å². The van der Waals surface area contributed by atoms with Crippen molar-refractivity contribution in [3.8, 4) is 11.3 Å². The van der Waals surface area contributed by atoms with Gasteiger partial charge in [-0.3, -0.25) is 4.40 Å². The first-order valence-corrected chi connectivity index (χ1v) is 10.7. The van der Waals surface area contributed by atoms with Crippen molar-refractivity contribution < 1.29 is 4.42 Å². The van der Waals surface area contributed by atoms with Crippen LogP contribution in [0.1, 0.15) is 11.1 Å². The molecule has 6 rings (SSSR count). The summed E-state index contributed by atoms with van der Waals surface area (Å²) in [5.74, 6) is 0.259. The predicted molar refractivity (Wildman–Crippen MR) is 130 cm³/mol. The molecule has 3 aromatic heterocycles. The summed E-state index contributed by atoms with van der Waals surface area (Å²) in [5.41, 5.74) is 4.37. The smallest absolute Gasteiger partial charge is 0.363 e. The van der Waals surface area contributed by atoms with Crippen LogP contribution in [0.2, 0.25) is 0 Å². The van der Waals surface area contributed by atoms with Gasteiger partial charge in [0.05, 0.1) is 11.0 Å². The number of rotatable bonds is 3. The molecule has 33 heavy (non-hydrogen) atoms. The summed E-state index contributed by atoms with van der Waals surface area (Å²) >= 11 is 0. The molecule has 0 saturated carbocycles. The lowest BCUT2D eigenvalue weighted by Crippen LogP contribution is -2.26. The third kappa shape index (κ3) is 3.46. The van der Waals surface area contributed by atoms with E-state index in [9.17, 15) is 4.79 Å². The molecular weight excluding hydrogens is 410 g/mol. The van der Waals surface area contributed by atoms with Crippen LogP contribution in [0.5, 0.6) is 0 Å². The quantitative estimate of drug-likeness (QED) is 0.461. The third-order valence-corrected chi connectivity index (χ3v) is 5.67. The van der Waals surface area contributed by atoms with Crippen LogP contribution >= 0.6 is 0 Å². The molecule has 0 aliphatic heterocycles. The second-order valence-corrected chi connectivity index (χ2v) is 7.81. The third-order valence-electron chi connectivity index (χ3n) is 5.67. The maximum absolute atomic E-state index is 12.9. The van der Waals surface area contributed by atoms with E-state index in [2.05, 4.69) is 16.0 Å². The summed E-state index contributed by atoms with van der Waals surface area (Å²) in [6.07, 6.45) is 5.79. The summed E-state index contributed by atoms with van der Waals surface area (Å²) in [6, 6.07) is 29.8. The number of oxazole rings is 1. The first-order valence-electron chi connectivity index (χ1n) is 10.7. The number of nitrogens with one attached hydrogen (secondary N) is 1. The number of H-pyrrole nitrogens is 1. The number of para-hydroxylation sites is 1. The maximum Gasteiger partial charge on any atom is 0.363 e. The molecule has 3 aromatic carbocycles. The maximum atomic E-state index is 12.9. The van der Waals surface area contributed by atoms with E-state index in [0.717, 1.165) is 33.3 Å². The Hall–Kier alpha value is -4.64. The van der Waals surface area contributed by atoms with E-state index in [1.807, 2.05) is 103 Å². The first-order chi connectivity index (χ1) is 16.3. The van der Waals surface area contributed by atoms with Gasteiger partial charge in [0.15, 0.2) is 0 Å². The van der Waals surface area contributed by atoms with Gasteiger partial charge in [-0.25, -0.2) is 4.79 Å². The average molecular weight is 429 g/mol. The van der Waals surface area contributed by atoms with Crippen molar-refractivity contribution in [3.05, 3.63) is 129 Å². The Morgan fingerprint density at radius 3 is 2.39 bits per heavy atom.